The number of nitrogens with one attached hydrogen (secondary N) is 1. The lowest BCUT2D eigenvalue weighted by Crippen LogP contribution is -2.25. The van der Waals surface area contributed by atoms with Crippen LogP contribution in [0.15, 0.2) is 57.2 Å². The van der Waals surface area contributed by atoms with Crippen molar-refractivity contribution in [2.75, 3.05) is 13.8 Å². The molecule has 4 nitrogen and oxygen atoms in total. The summed E-state index contributed by atoms with van der Waals surface area (Å²) in [6.45, 7) is 2.38. The van der Waals surface area contributed by atoms with Gasteiger partial charge in [-0.15, -0.1) is 0 Å². The van der Waals surface area contributed by atoms with Crippen molar-refractivity contribution in [2.45, 2.75) is 36.0 Å². The Morgan fingerprint density at radius 1 is 1.20 bits per heavy atom. The number of fused-ring (bicyclic) bond motifs is 2. The van der Waals surface area contributed by atoms with Crippen molar-refractivity contribution in [3.63, 3.8) is 0 Å². The van der Waals surface area contributed by atoms with Gasteiger partial charge in [-0.25, -0.2) is 0 Å². The third kappa shape index (κ3) is 4.11. The van der Waals surface area contributed by atoms with E-state index in [1.54, 1.807) is 18.9 Å². The molecule has 130 valence electrons. The van der Waals surface area contributed by atoms with Crippen molar-refractivity contribution in [3.05, 3.63) is 53.6 Å². The first-order valence-corrected chi connectivity index (χ1v) is 9.30. The fourth-order valence-corrected chi connectivity index (χ4v) is 3.75. The molecular weight excluding hydrogens is 332 g/mol. The molecule has 2 aromatic carbocycles. The lowest BCUT2D eigenvalue weighted by molar-refractivity contribution is 0.0872. The van der Waals surface area contributed by atoms with E-state index in [0.29, 0.717) is 5.56 Å². The Labute approximate surface area is 152 Å². The van der Waals surface area contributed by atoms with E-state index < -0.39 is 0 Å². The number of methoxy groups -OCH3 is 1. The van der Waals surface area contributed by atoms with E-state index in [0.717, 1.165) is 35.6 Å². The van der Waals surface area contributed by atoms with E-state index in [1.165, 1.54) is 10.5 Å². The number of hydrogen-bond donors (Lipinski definition) is 1. The largest absolute Gasteiger partial charge is 0.364 e. The zero-order valence-corrected chi connectivity index (χ0v) is 15.4. The molecule has 0 saturated heterocycles. The van der Waals surface area contributed by atoms with E-state index >= 15 is 0 Å². The minimum absolute atomic E-state index is 0.151. The highest BCUT2D eigenvalue weighted by atomic mass is 32.2. The van der Waals surface area contributed by atoms with Gasteiger partial charge >= 0.3 is 0 Å². The Morgan fingerprint density at radius 3 is 2.84 bits per heavy atom. The Hall–Kier alpha value is -2.11. The van der Waals surface area contributed by atoms with E-state index in [-0.39, 0.29) is 12.6 Å². The van der Waals surface area contributed by atoms with Gasteiger partial charge in [-0.2, -0.15) is 0 Å². The predicted molar refractivity (Wildman–Crippen MR) is 102 cm³/mol. The molecule has 2 aromatic rings. The number of hydrogen-bond acceptors (Lipinski definition) is 4. The quantitative estimate of drug-likeness (QED) is 0.758. The van der Waals surface area contributed by atoms with Crippen LogP contribution in [0.3, 0.4) is 0 Å². The summed E-state index contributed by atoms with van der Waals surface area (Å²) in [5.74, 6) is -0.151. The van der Waals surface area contributed by atoms with E-state index in [4.69, 9.17) is 9.73 Å². The van der Waals surface area contributed by atoms with E-state index in [9.17, 15) is 4.79 Å². The summed E-state index contributed by atoms with van der Waals surface area (Å²) in [5.41, 5.74) is 3.75. The van der Waals surface area contributed by atoms with Crippen LogP contribution in [0.2, 0.25) is 0 Å². The zero-order valence-electron chi connectivity index (χ0n) is 14.5. The summed E-state index contributed by atoms with van der Waals surface area (Å²) in [6.07, 6.45) is 3.16. The Morgan fingerprint density at radius 2 is 2.04 bits per heavy atom. The van der Waals surface area contributed by atoms with Crippen molar-refractivity contribution in [1.82, 2.24) is 5.32 Å². The maximum Gasteiger partial charge on any atom is 0.253 e. The average Bonchev–Trinajstić information content (AvgIpc) is 2.80. The molecule has 0 atom stereocenters. The second kappa shape index (κ2) is 8.32. The van der Waals surface area contributed by atoms with Gasteiger partial charge in [-0.05, 0) is 37.1 Å². The summed E-state index contributed by atoms with van der Waals surface area (Å²) in [4.78, 5) is 19.4. The maximum absolute atomic E-state index is 12.2. The molecule has 0 saturated carbocycles. The van der Waals surface area contributed by atoms with Gasteiger partial charge in [-0.1, -0.05) is 43.3 Å². The van der Waals surface area contributed by atoms with Gasteiger partial charge in [0.2, 0.25) is 0 Å². The van der Waals surface area contributed by atoms with Crippen LogP contribution in [-0.2, 0) is 4.74 Å². The van der Waals surface area contributed by atoms with Crippen LogP contribution < -0.4 is 5.32 Å². The third-order valence-corrected chi connectivity index (χ3v) is 5.18. The lowest BCUT2D eigenvalue weighted by atomic mass is 10.0. The van der Waals surface area contributed by atoms with Crippen LogP contribution in [-0.4, -0.2) is 25.5 Å². The second-order valence-electron chi connectivity index (χ2n) is 5.88. The molecule has 0 radical (unpaired) electrons. The van der Waals surface area contributed by atoms with Gasteiger partial charge in [-0.3, -0.25) is 9.79 Å². The summed E-state index contributed by atoms with van der Waals surface area (Å²) in [5, 5.41) is 2.72. The first kappa shape index (κ1) is 17.7. The van der Waals surface area contributed by atoms with Gasteiger partial charge < -0.3 is 10.1 Å². The highest BCUT2D eigenvalue weighted by molar-refractivity contribution is 7.99. The van der Waals surface area contributed by atoms with Crippen LogP contribution in [0.25, 0.3) is 0 Å². The smallest absolute Gasteiger partial charge is 0.253 e. The Balaban J connectivity index is 2.00. The Bertz CT molecular complexity index is 802. The van der Waals surface area contributed by atoms with Gasteiger partial charge in [0.1, 0.15) is 6.73 Å². The molecular formula is C20H22N2O2S. The van der Waals surface area contributed by atoms with E-state index in [1.807, 2.05) is 18.2 Å². The van der Waals surface area contributed by atoms with Crippen molar-refractivity contribution < 1.29 is 9.53 Å². The van der Waals surface area contributed by atoms with Crippen LogP contribution in [0.5, 0.6) is 0 Å². The molecule has 1 N–H and O–H groups in total. The molecule has 1 amide bonds. The summed E-state index contributed by atoms with van der Waals surface area (Å²) >= 11 is 1.71. The predicted octanol–water partition coefficient (Wildman–Crippen LogP) is 4.80. The number of amides is 1. The van der Waals surface area contributed by atoms with Gasteiger partial charge in [0.05, 0.1) is 5.69 Å². The highest BCUT2D eigenvalue weighted by Crippen LogP contribution is 2.41. The summed E-state index contributed by atoms with van der Waals surface area (Å²) in [7, 11) is 1.55. The molecule has 5 heteroatoms. The van der Waals surface area contributed by atoms with Crippen molar-refractivity contribution >= 4 is 29.1 Å². The van der Waals surface area contributed by atoms with Crippen molar-refractivity contribution in [1.29, 1.82) is 0 Å². The first-order valence-electron chi connectivity index (χ1n) is 8.49. The molecule has 0 unspecified atom stereocenters. The van der Waals surface area contributed by atoms with Crippen molar-refractivity contribution in [3.8, 4) is 0 Å². The molecule has 25 heavy (non-hydrogen) atoms. The molecule has 0 spiro atoms. The van der Waals surface area contributed by atoms with Crippen molar-refractivity contribution in [2.24, 2.45) is 4.99 Å². The fraction of sp³-hybridized carbons (Fsp3) is 0.300. The SMILES string of the molecule is CCCCC1=Nc2cc(C(=O)NCOC)ccc2Sc2ccccc21. The normalized spacial score (nSPS) is 12.6. The maximum atomic E-state index is 12.2. The molecule has 1 aliphatic heterocycles. The minimum Gasteiger partial charge on any atom is -0.364 e. The lowest BCUT2D eigenvalue weighted by Gasteiger charge is -2.07. The number of unbranched alkanes of at least 4 members (excludes halogenated alkanes) is 1. The van der Waals surface area contributed by atoms with Gasteiger partial charge in [0.25, 0.3) is 5.91 Å². The van der Waals surface area contributed by atoms with Crippen LogP contribution in [0.4, 0.5) is 5.69 Å². The number of ether oxygens (including phenoxy) is 1. The number of rotatable bonds is 6. The van der Waals surface area contributed by atoms with Crippen LogP contribution in [0, 0.1) is 0 Å². The number of benzene rings is 2. The minimum atomic E-state index is -0.151. The van der Waals surface area contributed by atoms with Crippen LogP contribution in [0.1, 0.15) is 42.1 Å². The third-order valence-electron chi connectivity index (χ3n) is 4.04. The standard InChI is InChI=1S/C20H22N2O2S/c1-3-4-8-16-15-7-5-6-9-18(15)25-19-11-10-14(12-17(19)22-16)20(23)21-13-24-2/h5-7,9-12H,3-4,8,13H2,1-2H3,(H,21,23). The molecule has 0 bridgehead atoms. The zero-order chi connectivity index (χ0) is 17.6. The number of carbonyl (C=O) groups excluding carboxylic acids is 1. The van der Waals surface area contributed by atoms with Gasteiger partial charge in [0, 0.05) is 33.7 Å². The van der Waals surface area contributed by atoms with Gasteiger partial charge in [0.15, 0.2) is 0 Å². The average molecular weight is 354 g/mol. The number of carbonyl (C=O) groups is 1. The molecule has 1 heterocycles. The fourth-order valence-electron chi connectivity index (χ4n) is 2.72. The monoisotopic (exact) mass is 354 g/mol. The second-order valence-corrected chi connectivity index (χ2v) is 6.97. The van der Waals surface area contributed by atoms with E-state index in [2.05, 4.69) is 36.5 Å². The molecule has 3 rings (SSSR count). The molecule has 0 aromatic heterocycles. The summed E-state index contributed by atoms with van der Waals surface area (Å²) < 4.78 is 4.91. The summed E-state index contributed by atoms with van der Waals surface area (Å²) in [6, 6.07) is 14.1. The Kier molecular flexibility index (Phi) is 5.89. The molecule has 0 fully saturated rings. The topological polar surface area (TPSA) is 50.7 Å². The highest BCUT2D eigenvalue weighted by Gasteiger charge is 2.18. The number of aliphatic imine (C=N–C) groups is 1. The number of nitrogens with zero attached hydrogens (tertiary/aromatic N) is 1. The molecule has 0 aliphatic carbocycles. The van der Waals surface area contributed by atoms with Crippen LogP contribution >= 0.6 is 11.8 Å². The first-order chi connectivity index (χ1) is 12.2. The molecule has 1 aliphatic rings.